The molecular formula is C8H6F5N3. The van der Waals surface area contributed by atoms with E-state index in [0.29, 0.717) is 0 Å². The van der Waals surface area contributed by atoms with E-state index in [1.54, 1.807) is 6.07 Å². The molecule has 0 saturated heterocycles. The molecule has 0 aliphatic carbocycles. The highest BCUT2D eigenvalue weighted by atomic mass is 19.4. The van der Waals surface area contributed by atoms with Crippen LogP contribution in [0, 0.1) is 11.3 Å². The monoisotopic (exact) mass is 239 g/mol. The quantitative estimate of drug-likeness (QED) is 0.759. The van der Waals surface area contributed by atoms with Gasteiger partial charge >= 0.3 is 12.1 Å². The first-order valence-corrected chi connectivity index (χ1v) is 4.13. The second kappa shape index (κ2) is 4.08. The first-order chi connectivity index (χ1) is 7.26. The van der Waals surface area contributed by atoms with Crippen LogP contribution in [0.4, 0.5) is 22.0 Å². The van der Waals surface area contributed by atoms with Crippen molar-refractivity contribution in [3.8, 4) is 6.07 Å². The summed E-state index contributed by atoms with van der Waals surface area (Å²) in [4.78, 5) is 0. The third-order valence-electron chi connectivity index (χ3n) is 1.83. The number of nitrogens with zero attached hydrogens (tertiary/aromatic N) is 3. The highest BCUT2D eigenvalue weighted by Gasteiger charge is 2.56. The average Bonchev–Trinajstić information content (AvgIpc) is 2.60. The van der Waals surface area contributed by atoms with Gasteiger partial charge in [-0.1, -0.05) is 0 Å². The van der Waals surface area contributed by atoms with E-state index in [9.17, 15) is 22.0 Å². The van der Waals surface area contributed by atoms with Crippen molar-refractivity contribution in [3.05, 3.63) is 18.0 Å². The number of rotatable bonds is 3. The van der Waals surface area contributed by atoms with Crippen LogP contribution in [-0.2, 0) is 6.54 Å². The van der Waals surface area contributed by atoms with E-state index >= 15 is 0 Å². The number of nitriles is 1. The van der Waals surface area contributed by atoms with Crippen LogP contribution in [0.2, 0.25) is 0 Å². The predicted octanol–water partition coefficient (Wildman–Crippen LogP) is 2.34. The number of aryl methyl sites for hydroxylation is 1. The van der Waals surface area contributed by atoms with Gasteiger partial charge in [0.05, 0.1) is 11.8 Å². The van der Waals surface area contributed by atoms with Gasteiger partial charge in [0.25, 0.3) is 0 Å². The first-order valence-electron chi connectivity index (χ1n) is 4.13. The van der Waals surface area contributed by atoms with E-state index in [1.807, 2.05) is 0 Å². The minimum Gasteiger partial charge on any atom is -0.271 e. The molecule has 1 aromatic heterocycles. The van der Waals surface area contributed by atoms with E-state index in [4.69, 9.17) is 5.26 Å². The van der Waals surface area contributed by atoms with E-state index in [2.05, 4.69) is 5.10 Å². The maximum Gasteiger partial charge on any atom is 0.453 e. The Kier molecular flexibility index (Phi) is 3.16. The smallest absolute Gasteiger partial charge is 0.271 e. The summed E-state index contributed by atoms with van der Waals surface area (Å²) in [6, 6.07) is 1.68. The number of alkyl halides is 5. The van der Waals surface area contributed by atoms with Crippen molar-refractivity contribution in [1.82, 2.24) is 9.78 Å². The molecule has 8 heteroatoms. The van der Waals surface area contributed by atoms with Gasteiger partial charge in [-0.15, -0.1) is 0 Å². The molecule has 3 nitrogen and oxygen atoms in total. The molecule has 0 aliphatic heterocycles. The molecule has 1 heterocycles. The highest BCUT2D eigenvalue weighted by Crippen LogP contribution is 2.38. The Balaban J connectivity index is 2.62. The molecule has 0 fully saturated rings. The maximum absolute atomic E-state index is 12.5. The minimum atomic E-state index is -5.56. The number of hydrogen-bond acceptors (Lipinski definition) is 2. The molecule has 0 saturated carbocycles. The lowest BCUT2D eigenvalue weighted by Gasteiger charge is -2.19. The van der Waals surface area contributed by atoms with Gasteiger partial charge in [0.2, 0.25) is 0 Å². The largest absolute Gasteiger partial charge is 0.453 e. The molecule has 0 aromatic carbocycles. The average molecular weight is 239 g/mol. The first kappa shape index (κ1) is 12.4. The number of aromatic nitrogens is 2. The van der Waals surface area contributed by atoms with Crippen LogP contribution in [0.3, 0.4) is 0 Å². The van der Waals surface area contributed by atoms with Crippen molar-refractivity contribution < 1.29 is 22.0 Å². The van der Waals surface area contributed by atoms with Crippen LogP contribution in [0.25, 0.3) is 0 Å². The Morgan fingerprint density at radius 2 is 1.94 bits per heavy atom. The van der Waals surface area contributed by atoms with Gasteiger partial charge in [-0.2, -0.15) is 32.3 Å². The maximum atomic E-state index is 12.5. The third kappa shape index (κ3) is 2.68. The molecule has 0 aliphatic rings. The van der Waals surface area contributed by atoms with Crippen molar-refractivity contribution in [1.29, 1.82) is 5.26 Å². The normalized spacial score (nSPS) is 12.5. The molecule has 0 atom stereocenters. The second-order valence-electron chi connectivity index (χ2n) is 3.06. The van der Waals surface area contributed by atoms with Crippen molar-refractivity contribution in [2.45, 2.75) is 25.1 Å². The number of halogens is 5. The van der Waals surface area contributed by atoms with Crippen LogP contribution in [-0.4, -0.2) is 21.9 Å². The fourth-order valence-electron chi connectivity index (χ4n) is 0.940. The van der Waals surface area contributed by atoms with E-state index in [1.165, 1.54) is 0 Å². The lowest BCUT2D eigenvalue weighted by Crippen LogP contribution is -2.37. The zero-order chi connectivity index (χ0) is 12.4. The Hall–Kier alpha value is -1.65. The molecule has 0 radical (unpaired) electrons. The van der Waals surface area contributed by atoms with Gasteiger partial charge in [-0.3, -0.25) is 4.68 Å². The highest BCUT2D eigenvalue weighted by molar-refractivity contribution is 5.21. The molecule has 16 heavy (non-hydrogen) atoms. The topological polar surface area (TPSA) is 41.6 Å². The summed E-state index contributed by atoms with van der Waals surface area (Å²) in [5.41, 5.74) is 0.107. The van der Waals surface area contributed by atoms with Gasteiger partial charge in [0.1, 0.15) is 6.07 Å². The van der Waals surface area contributed by atoms with Crippen LogP contribution < -0.4 is 0 Å². The Morgan fingerprint density at radius 3 is 2.38 bits per heavy atom. The molecule has 1 rings (SSSR count). The van der Waals surface area contributed by atoms with Crippen molar-refractivity contribution >= 4 is 0 Å². The Labute approximate surface area is 87.1 Å². The molecule has 1 aromatic rings. The zero-order valence-corrected chi connectivity index (χ0v) is 7.80. The molecule has 0 amide bonds. The van der Waals surface area contributed by atoms with Crippen LogP contribution in [0.1, 0.15) is 12.0 Å². The van der Waals surface area contributed by atoms with E-state index in [0.717, 1.165) is 17.1 Å². The summed E-state index contributed by atoms with van der Waals surface area (Å²) < 4.78 is 61.1. The summed E-state index contributed by atoms with van der Waals surface area (Å²) in [7, 11) is 0. The standard InChI is InChI=1S/C8H6F5N3/c9-7(10,8(11,12)13)1-2-16-5-6(3-14)4-15-16/h4-5H,1-2H2. The lowest BCUT2D eigenvalue weighted by atomic mass is 10.2. The lowest BCUT2D eigenvalue weighted by molar-refractivity contribution is -0.285. The second-order valence-corrected chi connectivity index (χ2v) is 3.06. The summed E-state index contributed by atoms with van der Waals surface area (Å²) in [6.07, 6.45) is -4.76. The third-order valence-corrected chi connectivity index (χ3v) is 1.83. The van der Waals surface area contributed by atoms with Crippen molar-refractivity contribution in [2.75, 3.05) is 0 Å². The van der Waals surface area contributed by atoms with Crippen molar-refractivity contribution in [3.63, 3.8) is 0 Å². The predicted molar refractivity (Wildman–Crippen MR) is 42.6 cm³/mol. The van der Waals surface area contributed by atoms with E-state index in [-0.39, 0.29) is 5.56 Å². The minimum absolute atomic E-state index is 0.107. The zero-order valence-electron chi connectivity index (χ0n) is 7.80. The molecule has 0 N–H and O–H groups in total. The SMILES string of the molecule is N#Cc1cnn(CCC(F)(F)C(F)(F)F)c1. The number of hydrogen-bond donors (Lipinski definition) is 0. The molecule has 88 valence electrons. The molecular weight excluding hydrogens is 233 g/mol. The summed E-state index contributed by atoms with van der Waals surface area (Å²) >= 11 is 0. The van der Waals surface area contributed by atoms with Gasteiger partial charge in [-0.05, 0) is 0 Å². The Morgan fingerprint density at radius 1 is 1.31 bits per heavy atom. The van der Waals surface area contributed by atoms with Gasteiger partial charge in [0.15, 0.2) is 0 Å². The van der Waals surface area contributed by atoms with Crippen LogP contribution in [0.5, 0.6) is 0 Å². The molecule has 0 unspecified atom stereocenters. The van der Waals surface area contributed by atoms with Gasteiger partial charge < -0.3 is 0 Å². The van der Waals surface area contributed by atoms with Crippen LogP contribution >= 0.6 is 0 Å². The summed E-state index contributed by atoms with van der Waals surface area (Å²) in [5.74, 6) is -4.74. The Bertz CT molecular complexity index is 401. The molecule has 0 bridgehead atoms. The van der Waals surface area contributed by atoms with Crippen LogP contribution in [0.15, 0.2) is 12.4 Å². The fourth-order valence-corrected chi connectivity index (χ4v) is 0.940. The fraction of sp³-hybridized carbons (Fsp3) is 0.500. The molecule has 0 spiro atoms. The summed E-state index contributed by atoms with van der Waals surface area (Å²) in [6.45, 7) is -0.603. The van der Waals surface area contributed by atoms with E-state index < -0.39 is 25.1 Å². The summed E-state index contributed by atoms with van der Waals surface area (Å²) in [5, 5.41) is 11.8. The van der Waals surface area contributed by atoms with Gasteiger partial charge in [-0.25, -0.2) is 0 Å². The van der Waals surface area contributed by atoms with Gasteiger partial charge in [0, 0.05) is 19.2 Å². The van der Waals surface area contributed by atoms with Crippen molar-refractivity contribution in [2.24, 2.45) is 0 Å².